The van der Waals surface area contributed by atoms with Gasteiger partial charge in [0.1, 0.15) is 5.69 Å². The number of aliphatic hydroxyl groups is 1. The molecule has 5 nitrogen and oxygen atoms in total. The van der Waals surface area contributed by atoms with Gasteiger partial charge in [-0.3, -0.25) is 0 Å². The van der Waals surface area contributed by atoms with Crippen molar-refractivity contribution >= 4 is 28.6 Å². The van der Waals surface area contributed by atoms with E-state index in [1.165, 1.54) is 0 Å². The highest BCUT2D eigenvalue weighted by Gasteiger charge is 2.29. The molecule has 0 atom stereocenters. The molecule has 5 rings (SSSR count). The predicted octanol–water partition coefficient (Wildman–Crippen LogP) is 5.04. The van der Waals surface area contributed by atoms with Crippen LogP contribution in [0.2, 0.25) is 5.02 Å². The Bertz CT molecular complexity index is 1350. The summed E-state index contributed by atoms with van der Waals surface area (Å²) in [6, 6.07) is 17.8. The Morgan fingerprint density at radius 2 is 1.70 bits per heavy atom. The summed E-state index contributed by atoms with van der Waals surface area (Å²) in [5.41, 5.74) is 5.12. The maximum absolute atomic E-state index is 10.2. The molecule has 1 aliphatic heterocycles. The Labute approximate surface area is 198 Å². The first-order valence-electron chi connectivity index (χ1n) is 11.1. The molecule has 1 aliphatic rings. The van der Waals surface area contributed by atoms with Gasteiger partial charge in [0.25, 0.3) is 0 Å². The highest BCUT2D eigenvalue weighted by Crippen LogP contribution is 2.28. The Morgan fingerprint density at radius 3 is 2.39 bits per heavy atom. The predicted molar refractivity (Wildman–Crippen MR) is 133 cm³/mol. The number of piperidine rings is 1. The highest BCUT2D eigenvalue weighted by molar-refractivity contribution is 6.30. The van der Waals surface area contributed by atoms with Crippen LogP contribution in [0.15, 0.2) is 60.8 Å². The molecule has 1 fully saturated rings. The Morgan fingerprint density at radius 1 is 0.970 bits per heavy atom. The molecule has 0 unspecified atom stereocenters. The van der Waals surface area contributed by atoms with Crippen LogP contribution < -0.4 is 4.90 Å². The normalized spacial score (nSPS) is 15.3. The van der Waals surface area contributed by atoms with Gasteiger partial charge in [0, 0.05) is 42.5 Å². The Kier molecular flexibility index (Phi) is 5.57. The molecule has 2 aromatic carbocycles. The van der Waals surface area contributed by atoms with Crippen molar-refractivity contribution in [3.63, 3.8) is 0 Å². The SMILES string of the molecule is Cn1c(N2CCC(C)(O)CC2)nc2cc(C#Cc3ccc(-c4ccc(Cl)cc4)cn3)ccc21. The number of imidazole rings is 1. The van der Waals surface area contributed by atoms with Gasteiger partial charge in [-0.1, -0.05) is 35.7 Å². The lowest BCUT2D eigenvalue weighted by molar-refractivity contribution is 0.0348. The van der Waals surface area contributed by atoms with Gasteiger partial charge in [0.2, 0.25) is 5.95 Å². The second-order valence-corrected chi connectivity index (χ2v) is 9.28. The molecule has 3 heterocycles. The quantitative estimate of drug-likeness (QED) is 0.429. The molecule has 1 N–H and O–H groups in total. The zero-order chi connectivity index (χ0) is 23.0. The van der Waals surface area contributed by atoms with E-state index in [2.05, 4.69) is 32.4 Å². The summed E-state index contributed by atoms with van der Waals surface area (Å²) in [6.07, 6.45) is 3.32. The average Bonchev–Trinajstić information content (AvgIpc) is 3.14. The minimum absolute atomic E-state index is 0.578. The van der Waals surface area contributed by atoms with Gasteiger partial charge in [-0.2, -0.15) is 0 Å². The van der Waals surface area contributed by atoms with Crippen LogP contribution in [0.4, 0.5) is 5.95 Å². The highest BCUT2D eigenvalue weighted by atomic mass is 35.5. The minimum Gasteiger partial charge on any atom is -0.390 e. The van der Waals surface area contributed by atoms with E-state index in [1.54, 1.807) is 0 Å². The van der Waals surface area contributed by atoms with Crippen LogP contribution in [0.3, 0.4) is 0 Å². The molecule has 0 aliphatic carbocycles. The summed E-state index contributed by atoms with van der Waals surface area (Å²) in [7, 11) is 2.04. The lowest BCUT2D eigenvalue weighted by Crippen LogP contribution is -2.43. The first-order chi connectivity index (χ1) is 15.9. The molecular weight excluding hydrogens is 432 g/mol. The number of nitrogens with zero attached hydrogens (tertiary/aromatic N) is 4. The van der Waals surface area contributed by atoms with Crippen LogP contribution in [0.25, 0.3) is 22.2 Å². The fourth-order valence-corrected chi connectivity index (χ4v) is 4.28. The summed E-state index contributed by atoms with van der Waals surface area (Å²) in [5, 5.41) is 11.0. The van der Waals surface area contributed by atoms with Gasteiger partial charge < -0.3 is 14.6 Å². The Balaban J connectivity index is 1.35. The standard InChI is InChI=1S/C27H25ClN4O/c1-27(33)13-15-32(16-14-27)26-30-24-17-19(4-12-25(24)31(26)2)3-10-23-11-7-21(18-29-23)20-5-8-22(28)9-6-20/h4-9,11-12,17-18,33H,13-16H2,1-2H3. The lowest BCUT2D eigenvalue weighted by Gasteiger charge is -2.36. The monoisotopic (exact) mass is 456 g/mol. The minimum atomic E-state index is -0.578. The molecule has 166 valence electrons. The van der Waals surface area contributed by atoms with Crippen molar-refractivity contribution in [2.75, 3.05) is 18.0 Å². The zero-order valence-corrected chi connectivity index (χ0v) is 19.5. The number of halogens is 1. The molecule has 0 bridgehead atoms. The third kappa shape index (κ3) is 4.59. The van der Waals surface area contributed by atoms with Crippen LogP contribution in [-0.2, 0) is 7.05 Å². The summed E-state index contributed by atoms with van der Waals surface area (Å²) in [5.74, 6) is 7.30. The first-order valence-corrected chi connectivity index (χ1v) is 11.4. The molecule has 2 aromatic heterocycles. The van der Waals surface area contributed by atoms with Crippen molar-refractivity contribution in [2.24, 2.45) is 7.05 Å². The number of aromatic nitrogens is 3. The zero-order valence-electron chi connectivity index (χ0n) is 18.7. The third-order valence-corrected chi connectivity index (χ3v) is 6.51. The third-order valence-electron chi connectivity index (χ3n) is 6.26. The molecule has 0 spiro atoms. The van der Waals surface area contributed by atoms with Gasteiger partial charge in [0.15, 0.2) is 0 Å². The van der Waals surface area contributed by atoms with E-state index in [-0.39, 0.29) is 0 Å². The molecule has 0 radical (unpaired) electrons. The maximum Gasteiger partial charge on any atom is 0.206 e. The van der Waals surface area contributed by atoms with E-state index in [0.717, 1.165) is 70.3 Å². The fourth-order valence-electron chi connectivity index (χ4n) is 4.15. The summed E-state index contributed by atoms with van der Waals surface area (Å²) < 4.78 is 2.11. The van der Waals surface area contributed by atoms with Crippen LogP contribution >= 0.6 is 11.6 Å². The molecule has 1 saturated heterocycles. The number of hydrogen-bond acceptors (Lipinski definition) is 4. The number of rotatable bonds is 2. The fraction of sp³-hybridized carbons (Fsp3) is 0.259. The van der Waals surface area contributed by atoms with E-state index < -0.39 is 5.60 Å². The number of hydrogen-bond donors (Lipinski definition) is 1. The van der Waals surface area contributed by atoms with Crippen molar-refractivity contribution in [3.8, 4) is 23.0 Å². The number of pyridine rings is 1. The van der Waals surface area contributed by atoms with Crippen molar-refractivity contribution in [2.45, 2.75) is 25.4 Å². The van der Waals surface area contributed by atoms with E-state index in [0.29, 0.717) is 0 Å². The molecule has 0 amide bonds. The van der Waals surface area contributed by atoms with Gasteiger partial charge in [-0.15, -0.1) is 0 Å². The van der Waals surface area contributed by atoms with E-state index in [9.17, 15) is 5.11 Å². The van der Waals surface area contributed by atoms with Crippen molar-refractivity contribution in [1.82, 2.24) is 14.5 Å². The average molecular weight is 457 g/mol. The summed E-state index contributed by atoms with van der Waals surface area (Å²) in [6.45, 7) is 3.51. The maximum atomic E-state index is 10.2. The Hall–Kier alpha value is -3.33. The van der Waals surface area contributed by atoms with Crippen molar-refractivity contribution in [3.05, 3.63) is 77.1 Å². The molecule has 4 aromatic rings. The lowest BCUT2D eigenvalue weighted by atomic mass is 9.94. The van der Waals surface area contributed by atoms with Crippen LogP contribution in [-0.4, -0.2) is 38.3 Å². The second-order valence-electron chi connectivity index (χ2n) is 8.85. The van der Waals surface area contributed by atoms with Crippen molar-refractivity contribution in [1.29, 1.82) is 0 Å². The van der Waals surface area contributed by atoms with Crippen LogP contribution in [0, 0.1) is 11.8 Å². The summed E-state index contributed by atoms with van der Waals surface area (Å²) >= 11 is 5.97. The van der Waals surface area contributed by atoms with E-state index >= 15 is 0 Å². The summed E-state index contributed by atoms with van der Waals surface area (Å²) in [4.78, 5) is 11.6. The van der Waals surface area contributed by atoms with Crippen LogP contribution in [0.5, 0.6) is 0 Å². The van der Waals surface area contributed by atoms with Gasteiger partial charge in [0.05, 0.1) is 16.6 Å². The topological polar surface area (TPSA) is 54.2 Å². The van der Waals surface area contributed by atoms with Crippen LogP contribution in [0.1, 0.15) is 31.0 Å². The van der Waals surface area contributed by atoms with E-state index in [4.69, 9.17) is 16.6 Å². The van der Waals surface area contributed by atoms with Gasteiger partial charge in [-0.25, -0.2) is 9.97 Å². The molecule has 33 heavy (non-hydrogen) atoms. The number of aryl methyl sites for hydroxylation is 1. The molecule has 6 heteroatoms. The van der Waals surface area contributed by atoms with Crippen molar-refractivity contribution < 1.29 is 5.11 Å². The number of fused-ring (bicyclic) bond motifs is 1. The molecule has 0 saturated carbocycles. The number of anilines is 1. The second kappa shape index (κ2) is 8.55. The number of benzene rings is 2. The largest absolute Gasteiger partial charge is 0.390 e. The van der Waals surface area contributed by atoms with Gasteiger partial charge in [-0.05, 0) is 67.6 Å². The first kappa shape index (κ1) is 21.5. The smallest absolute Gasteiger partial charge is 0.206 e. The van der Waals surface area contributed by atoms with E-state index in [1.807, 2.05) is 68.7 Å². The molecular formula is C27H25ClN4O. The van der Waals surface area contributed by atoms with Gasteiger partial charge >= 0.3 is 0 Å².